The number of allylic oxidation sites excluding steroid dienone is 2. The van der Waals surface area contributed by atoms with Gasteiger partial charge in [-0.2, -0.15) is 8.78 Å². The Morgan fingerprint density at radius 3 is 2.41 bits per heavy atom. The second-order valence-corrected chi connectivity index (χ2v) is 11.8. The Morgan fingerprint density at radius 2 is 1.80 bits per heavy atom. The van der Waals surface area contributed by atoms with Crippen LogP contribution in [0, 0.1) is 0 Å². The summed E-state index contributed by atoms with van der Waals surface area (Å²) in [6.07, 6.45) is 2.84. The van der Waals surface area contributed by atoms with E-state index in [-0.39, 0.29) is 28.2 Å². The maximum Gasteiger partial charge on any atom is 0.407 e. The van der Waals surface area contributed by atoms with Crippen molar-refractivity contribution in [2.24, 2.45) is 5.16 Å². The minimum Gasteiger partial charge on any atom is -0.448 e. The number of β-lactam (4-membered cyclic amide) rings is 1. The number of nitrogens with one attached hydrogen (secondary N) is 2. The molecule has 0 unspecified atom stereocenters. The van der Waals surface area contributed by atoms with Crippen LogP contribution >= 0.6 is 34.7 Å². The van der Waals surface area contributed by atoms with Gasteiger partial charge in [0.25, 0.3) is 11.8 Å². The molecule has 46 heavy (non-hydrogen) atoms. The maximum absolute atomic E-state index is 13.9. The molecule has 0 radical (unpaired) electrons. The van der Waals surface area contributed by atoms with E-state index >= 15 is 0 Å². The third-order valence-electron chi connectivity index (χ3n) is 6.68. The summed E-state index contributed by atoms with van der Waals surface area (Å²) in [5.41, 5.74) is 1.11. The highest BCUT2D eigenvalue weighted by Gasteiger charge is 2.54. The van der Waals surface area contributed by atoms with E-state index in [0.29, 0.717) is 23.1 Å². The zero-order chi connectivity index (χ0) is 32.6. The highest BCUT2D eigenvalue weighted by molar-refractivity contribution is 8.00. The van der Waals surface area contributed by atoms with Gasteiger partial charge in [-0.25, -0.2) is 9.78 Å². The number of thioether (sulfide) groups is 1. The summed E-state index contributed by atoms with van der Waals surface area (Å²) in [6.45, 7) is -3.34. The van der Waals surface area contributed by atoms with E-state index in [1.165, 1.54) is 22.0 Å². The number of fused-ring (bicyclic) bond motifs is 1. The zero-order valence-electron chi connectivity index (χ0n) is 23.5. The average Bonchev–Trinajstić information content (AvgIpc) is 3.53. The number of oxime groups is 1. The van der Waals surface area contributed by atoms with Crippen LogP contribution in [0.2, 0.25) is 0 Å². The first kappa shape index (κ1) is 32.8. The summed E-state index contributed by atoms with van der Waals surface area (Å²) in [5, 5.41) is 8.65. The van der Waals surface area contributed by atoms with Gasteiger partial charge in [0.1, 0.15) is 22.8 Å². The molecule has 0 bridgehead atoms. The molecule has 0 aliphatic carbocycles. The molecule has 0 spiro atoms. The number of carbonyl (C=O) groups excluding carboxylic acids is 4. The van der Waals surface area contributed by atoms with Crippen LogP contribution in [-0.4, -0.2) is 69.4 Å². The minimum absolute atomic E-state index is 0.00326. The number of hydrogen-bond acceptors (Lipinski definition) is 10. The van der Waals surface area contributed by atoms with Gasteiger partial charge < -0.3 is 20.2 Å². The number of amides is 3. The lowest BCUT2D eigenvalue weighted by atomic mass is 10.0. The highest BCUT2D eigenvalue weighted by Crippen LogP contribution is 2.42. The summed E-state index contributed by atoms with van der Waals surface area (Å²) < 4.78 is 31.7. The molecule has 5 rings (SSSR count). The van der Waals surface area contributed by atoms with Crippen molar-refractivity contribution in [1.29, 1.82) is 0 Å². The van der Waals surface area contributed by atoms with E-state index in [4.69, 9.17) is 16.3 Å². The molecule has 2 aromatic carbocycles. The standard InChI is InChI=1S/C30H24ClF2N5O6S2/c31-13-7-12-19-14-45-27-22(36-25(40)21(37-44-29(32)33)20-15-46-30(35-20)34-16-39)26(41)38(27)23(19)28(42)43-24(17-8-3-1-4-9-17)18-10-5-2-6-11-18/h1-12,15-16,22,24,27,29H,13-14H2,(H,36,40)(H,34,35,39)/b12-7+,37-21-/t22-,27-/m1/s1. The lowest BCUT2D eigenvalue weighted by Crippen LogP contribution is -2.71. The SMILES string of the molecule is O=CNc1nc(/C(=N/OC(F)F)C(=O)N[C@@H]2C(=O)N3C(C(=O)OC(c4ccccc4)c4ccccc4)=C(/C=C/CCl)CS[C@H]23)cs1. The largest absolute Gasteiger partial charge is 0.448 e. The van der Waals surface area contributed by atoms with Crippen molar-refractivity contribution in [3.63, 3.8) is 0 Å². The van der Waals surface area contributed by atoms with Gasteiger partial charge >= 0.3 is 12.6 Å². The predicted molar refractivity (Wildman–Crippen MR) is 168 cm³/mol. The normalized spacial score (nSPS) is 18.0. The van der Waals surface area contributed by atoms with Gasteiger partial charge in [0.15, 0.2) is 16.9 Å². The molecule has 1 saturated heterocycles. The molecule has 0 saturated carbocycles. The minimum atomic E-state index is -3.34. The van der Waals surface area contributed by atoms with E-state index in [2.05, 4.69) is 25.6 Å². The number of esters is 1. The topological polar surface area (TPSA) is 139 Å². The van der Waals surface area contributed by atoms with E-state index in [1.54, 1.807) is 12.2 Å². The van der Waals surface area contributed by atoms with Gasteiger partial charge in [-0.1, -0.05) is 78.0 Å². The molecule has 1 aromatic heterocycles. The Labute approximate surface area is 274 Å². The molecular formula is C30H24ClF2N5O6S2. The molecular weight excluding hydrogens is 664 g/mol. The number of halogens is 3. The molecule has 238 valence electrons. The first-order valence-corrected chi connectivity index (χ1v) is 16.0. The molecule has 11 nitrogen and oxygen atoms in total. The van der Waals surface area contributed by atoms with E-state index in [1.807, 2.05) is 60.7 Å². The van der Waals surface area contributed by atoms with Crippen LogP contribution < -0.4 is 10.6 Å². The van der Waals surface area contributed by atoms with Crippen LogP contribution in [0.25, 0.3) is 0 Å². The molecule has 3 aromatic rings. The summed E-state index contributed by atoms with van der Waals surface area (Å²) in [6, 6.07) is 17.1. The van der Waals surface area contributed by atoms with E-state index in [0.717, 1.165) is 11.3 Å². The summed E-state index contributed by atoms with van der Waals surface area (Å²) in [4.78, 5) is 60.7. The number of ether oxygens (including phenoxy) is 1. The molecule has 3 amide bonds. The van der Waals surface area contributed by atoms with E-state index < -0.39 is 47.6 Å². The lowest BCUT2D eigenvalue weighted by molar-refractivity contribution is -0.154. The van der Waals surface area contributed by atoms with Crippen LogP contribution in [0.3, 0.4) is 0 Å². The van der Waals surface area contributed by atoms with Gasteiger partial charge in [-0.05, 0) is 16.7 Å². The molecule has 1 fully saturated rings. The number of anilines is 1. The van der Waals surface area contributed by atoms with Crippen molar-refractivity contribution in [1.82, 2.24) is 15.2 Å². The van der Waals surface area contributed by atoms with Gasteiger partial charge in [0.05, 0.1) is 0 Å². The smallest absolute Gasteiger partial charge is 0.407 e. The number of alkyl halides is 3. The Morgan fingerprint density at radius 1 is 1.13 bits per heavy atom. The number of benzene rings is 2. The first-order valence-electron chi connectivity index (χ1n) is 13.5. The van der Waals surface area contributed by atoms with Crippen molar-refractivity contribution in [3.05, 3.63) is 106 Å². The number of nitrogens with zero attached hydrogens (tertiary/aromatic N) is 3. The van der Waals surface area contributed by atoms with Crippen molar-refractivity contribution < 1.29 is 37.5 Å². The highest BCUT2D eigenvalue weighted by atomic mass is 35.5. The summed E-state index contributed by atoms with van der Waals surface area (Å²) in [5.74, 6) is -2.01. The fourth-order valence-electron chi connectivity index (χ4n) is 4.70. The van der Waals surface area contributed by atoms with Crippen molar-refractivity contribution in [2.75, 3.05) is 16.9 Å². The van der Waals surface area contributed by atoms with Crippen molar-refractivity contribution >= 4 is 69.7 Å². The molecule has 16 heteroatoms. The van der Waals surface area contributed by atoms with Gasteiger partial charge in [-0.15, -0.1) is 34.7 Å². The second-order valence-electron chi connectivity index (χ2n) is 9.50. The van der Waals surface area contributed by atoms with Crippen LogP contribution in [0.4, 0.5) is 13.9 Å². The van der Waals surface area contributed by atoms with Crippen LogP contribution in [0.1, 0.15) is 22.9 Å². The average molecular weight is 688 g/mol. The first-order chi connectivity index (χ1) is 22.3. The quantitative estimate of drug-likeness (QED) is 0.0672. The third-order valence-corrected chi connectivity index (χ3v) is 8.94. The predicted octanol–water partition coefficient (Wildman–Crippen LogP) is 4.44. The molecule has 3 heterocycles. The van der Waals surface area contributed by atoms with Gasteiger partial charge in [0.2, 0.25) is 6.41 Å². The number of carbonyl (C=O) groups is 4. The number of aromatic nitrogens is 1. The van der Waals surface area contributed by atoms with Crippen LogP contribution in [-0.2, 0) is 28.8 Å². The molecule has 2 aliphatic heterocycles. The van der Waals surface area contributed by atoms with Crippen molar-refractivity contribution in [2.45, 2.75) is 24.1 Å². The monoisotopic (exact) mass is 687 g/mol. The third kappa shape index (κ3) is 7.27. The fraction of sp³-hybridized carbons (Fsp3) is 0.200. The van der Waals surface area contributed by atoms with E-state index in [9.17, 15) is 28.0 Å². The lowest BCUT2D eigenvalue weighted by Gasteiger charge is -2.49. The van der Waals surface area contributed by atoms with Crippen LogP contribution in [0.15, 0.2) is 94.6 Å². The summed E-state index contributed by atoms with van der Waals surface area (Å²) >= 11 is 8.06. The van der Waals surface area contributed by atoms with Crippen LogP contribution in [0.5, 0.6) is 0 Å². The molecule has 2 aliphatic rings. The number of thiazole rings is 1. The second kappa shape index (κ2) is 15.1. The number of rotatable bonds is 13. The van der Waals surface area contributed by atoms with Gasteiger partial charge in [0, 0.05) is 17.0 Å². The fourth-order valence-corrected chi connectivity index (χ4v) is 6.76. The molecule has 2 N–H and O–H groups in total. The molecule has 2 atom stereocenters. The maximum atomic E-state index is 13.9. The summed E-state index contributed by atoms with van der Waals surface area (Å²) in [7, 11) is 0. The zero-order valence-corrected chi connectivity index (χ0v) is 25.9. The Kier molecular flexibility index (Phi) is 10.8. The Balaban J connectivity index is 1.40. The Bertz CT molecular complexity index is 1650. The van der Waals surface area contributed by atoms with Gasteiger partial charge in [-0.3, -0.25) is 19.3 Å². The number of hydrogen-bond donors (Lipinski definition) is 2. The Hall–Kier alpha value is -4.60. The van der Waals surface area contributed by atoms with Crippen molar-refractivity contribution in [3.8, 4) is 0 Å².